The number of carbonyl (C=O) groups is 2. The summed E-state index contributed by atoms with van der Waals surface area (Å²) in [4.78, 5) is 26.8. The molecule has 1 aromatic rings. The number of piperazine rings is 1. The minimum atomic E-state index is -0.387. The van der Waals surface area contributed by atoms with E-state index in [1.807, 2.05) is 27.0 Å². The summed E-state index contributed by atoms with van der Waals surface area (Å²) < 4.78 is 1.79. The maximum Gasteiger partial charge on any atom is 0.246 e. The van der Waals surface area contributed by atoms with Crippen LogP contribution < -0.4 is 5.32 Å². The molecule has 2 fully saturated rings. The van der Waals surface area contributed by atoms with Crippen molar-refractivity contribution >= 4 is 11.8 Å². The number of rotatable bonds is 4. The normalized spacial score (nSPS) is 26.1. The zero-order valence-electron chi connectivity index (χ0n) is 12.8. The summed E-state index contributed by atoms with van der Waals surface area (Å²) in [6, 6.07) is 1.28. The number of aryl methyl sites for hydroxylation is 2. The van der Waals surface area contributed by atoms with Gasteiger partial charge in [0, 0.05) is 7.05 Å². The summed E-state index contributed by atoms with van der Waals surface area (Å²) in [5, 5.41) is 7.19. The van der Waals surface area contributed by atoms with Gasteiger partial charge in [-0.15, -0.1) is 0 Å². The third kappa shape index (κ3) is 2.54. The Hall–Kier alpha value is -1.85. The Balaban J connectivity index is 1.88. The number of aromatic nitrogens is 2. The molecule has 1 aliphatic heterocycles. The van der Waals surface area contributed by atoms with Crippen LogP contribution in [0, 0.1) is 12.8 Å². The third-order valence-electron chi connectivity index (χ3n) is 4.41. The molecule has 0 bridgehead atoms. The fourth-order valence-corrected chi connectivity index (χ4v) is 3.12. The highest BCUT2D eigenvalue weighted by Crippen LogP contribution is 2.37. The van der Waals surface area contributed by atoms with E-state index in [4.69, 9.17) is 0 Å². The van der Waals surface area contributed by atoms with Crippen molar-refractivity contribution in [1.29, 1.82) is 0 Å². The van der Waals surface area contributed by atoms with Gasteiger partial charge in [-0.3, -0.25) is 14.3 Å². The molecule has 0 spiro atoms. The summed E-state index contributed by atoms with van der Waals surface area (Å²) in [7, 11) is 1.88. The molecule has 1 saturated carbocycles. The molecule has 2 heterocycles. The van der Waals surface area contributed by atoms with Crippen molar-refractivity contribution in [3.63, 3.8) is 0 Å². The Morgan fingerprint density at radius 1 is 1.38 bits per heavy atom. The third-order valence-corrected chi connectivity index (χ3v) is 4.41. The van der Waals surface area contributed by atoms with E-state index < -0.39 is 0 Å². The van der Waals surface area contributed by atoms with Gasteiger partial charge in [-0.05, 0) is 38.2 Å². The topological polar surface area (TPSA) is 67.2 Å². The van der Waals surface area contributed by atoms with Crippen molar-refractivity contribution in [2.45, 2.75) is 51.7 Å². The van der Waals surface area contributed by atoms with Crippen molar-refractivity contribution < 1.29 is 9.59 Å². The lowest BCUT2D eigenvalue weighted by Gasteiger charge is -2.39. The summed E-state index contributed by atoms with van der Waals surface area (Å²) in [5.74, 6) is 0.358. The molecule has 6 nitrogen and oxygen atoms in total. The Morgan fingerprint density at radius 2 is 2.10 bits per heavy atom. The quantitative estimate of drug-likeness (QED) is 0.889. The Labute approximate surface area is 124 Å². The molecule has 21 heavy (non-hydrogen) atoms. The van der Waals surface area contributed by atoms with Crippen LogP contribution >= 0.6 is 0 Å². The van der Waals surface area contributed by atoms with Crippen molar-refractivity contribution in [1.82, 2.24) is 20.0 Å². The monoisotopic (exact) mass is 290 g/mol. The second-order valence-corrected chi connectivity index (χ2v) is 6.12. The van der Waals surface area contributed by atoms with Gasteiger partial charge in [0.25, 0.3) is 0 Å². The predicted octanol–water partition coefficient (Wildman–Crippen LogP) is 0.744. The van der Waals surface area contributed by atoms with E-state index in [1.165, 1.54) is 0 Å². The van der Waals surface area contributed by atoms with Crippen LogP contribution in [0.2, 0.25) is 0 Å². The van der Waals surface area contributed by atoms with E-state index in [2.05, 4.69) is 10.4 Å². The molecule has 0 radical (unpaired) electrons. The largest absolute Gasteiger partial charge is 0.343 e. The van der Waals surface area contributed by atoms with Gasteiger partial charge in [0.2, 0.25) is 11.8 Å². The first-order chi connectivity index (χ1) is 10.0. The Bertz CT molecular complexity index is 576. The SMILES string of the molecule is CCC1NC(=O)C(C2CC2)N(Cc2cc(C)nn2C)C1=O. The highest BCUT2D eigenvalue weighted by molar-refractivity contribution is 5.97. The molecule has 2 atom stereocenters. The molecular weight excluding hydrogens is 268 g/mol. The minimum Gasteiger partial charge on any atom is -0.343 e. The molecular formula is C15H22N4O2. The molecule has 0 aromatic carbocycles. The summed E-state index contributed by atoms with van der Waals surface area (Å²) >= 11 is 0. The van der Waals surface area contributed by atoms with Crippen LogP contribution in [-0.4, -0.2) is 38.6 Å². The van der Waals surface area contributed by atoms with Gasteiger partial charge in [-0.2, -0.15) is 5.10 Å². The first kappa shape index (κ1) is 14.1. The minimum absolute atomic E-state index is 0.00263. The molecule has 1 N–H and O–H groups in total. The molecule has 6 heteroatoms. The number of hydrogen-bond acceptors (Lipinski definition) is 3. The molecule has 1 aliphatic carbocycles. The van der Waals surface area contributed by atoms with Crippen molar-refractivity contribution in [2.24, 2.45) is 13.0 Å². The highest BCUT2D eigenvalue weighted by Gasteiger charge is 2.47. The molecule has 2 unspecified atom stereocenters. The van der Waals surface area contributed by atoms with Crippen LogP contribution in [0.25, 0.3) is 0 Å². The molecule has 114 valence electrons. The van der Waals surface area contributed by atoms with Crippen LogP contribution in [0.15, 0.2) is 6.07 Å². The van der Waals surface area contributed by atoms with Crippen LogP contribution in [-0.2, 0) is 23.2 Å². The number of hydrogen-bond donors (Lipinski definition) is 1. The second-order valence-electron chi connectivity index (χ2n) is 6.12. The van der Waals surface area contributed by atoms with Gasteiger partial charge in [-0.1, -0.05) is 6.92 Å². The molecule has 2 amide bonds. The summed E-state index contributed by atoms with van der Waals surface area (Å²) in [6.45, 7) is 4.31. The maximum absolute atomic E-state index is 12.6. The van der Waals surface area contributed by atoms with E-state index >= 15 is 0 Å². The van der Waals surface area contributed by atoms with Crippen LogP contribution in [0.1, 0.15) is 37.6 Å². The van der Waals surface area contributed by atoms with E-state index in [0.29, 0.717) is 18.9 Å². The van der Waals surface area contributed by atoms with Crippen molar-refractivity contribution in [2.75, 3.05) is 0 Å². The van der Waals surface area contributed by atoms with Crippen LogP contribution in [0.3, 0.4) is 0 Å². The maximum atomic E-state index is 12.6. The van der Waals surface area contributed by atoms with Gasteiger partial charge in [0.05, 0.1) is 17.9 Å². The summed E-state index contributed by atoms with van der Waals surface area (Å²) in [6.07, 6.45) is 2.69. The molecule has 2 aliphatic rings. The highest BCUT2D eigenvalue weighted by atomic mass is 16.2. The summed E-state index contributed by atoms with van der Waals surface area (Å²) in [5.41, 5.74) is 1.90. The Kier molecular flexibility index (Phi) is 3.47. The fourth-order valence-electron chi connectivity index (χ4n) is 3.12. The first-order valence-corrected chi connectivity index (χ1v) is 7.61. The lowest BCUT2D eigenvalue weighted by atomic mass is 10.0. The average molecular weight is 290 g/mol. The van der Waals surface area contributed by atoms with Crippen LogP contribution in [0.5, 0.6) is 0 Å². The smallest absolute Gasteiger partial charge is 0.246 e. The standard InChI is InChI=1S/C15H22N4O2/c1-4-12-15(21)19(8-11-7-9(2)17-18(11)3)13(10-5-6-10)14(20)16-12/h7,10,12-13H,4-6,8H2,1-3H3,(H,16,20). The second kappa shape index (κ2) is 5.16. The predicted molar refractivity (Wildman–Crippen MR) is 77.2 cm³/mol. The zero-order chi connectivity index (χ0) is 15.1. The van der Waals surface area contributed by atoms with Gasteiger partial charge in [0.1, 0.15) is 12.1 Å². The lowest BCUT2D eigenvalue weighted by molar-refractivity contribution is -0.151. The lowest BCUT2D eigenvalue weighted by Crippen LogP contribution is -2.63. The number of carbonyl (C=O) groups excluding carboxylic acids is 2. The van der Waals surface area contributed by atoms with Gasteiger partial charge < -0.3 is 10.2 Å². The number of nitrogens with one attached hydrogen (secondary N) is 1. The average Bonchev–Trinajstić information content (AvgIpc) is 3.20. The van der Waals surface area contributed by atoms with E-state index in [0.717, 1.165) is 24.2 Å². The van der Waals surface area contributed by atoms with E-state index in [1.54, 1.807) is 9.58 Å². The van der Waals surface area contributed by atoms with Gasteiger partial charge >= 0.3 is 0 Å². The van der Waals surface area contributed by atoms with Crippen molar-refractivity contribution in [3.8, 4) is 0 Å². The van der Waals surface area contributed by atoms with Gasteiger partial charge in [-0.25, -0.2) is 0 Å². The van der Waals surface area contributed by atoms with Crippen molar-refractivity contribution in [3.05, 3.63) is 17.5 Å². The number of amides is 2. The van der Waals surface area contributed by atoms with Crippen LogP contribution in [0.4, 0.5) is 0 Å². The van der Waals surface area contributed by atoms with Gasteiger partial charge in [0.15, 0.2) is 0 Å². The number of nitrogens with zero attached hydrogens (tertiary/aromatic N) is 3. The van der Waals surface area contributed by atoms with E-state index in [-0.39, 0.29) is 23.9 Å². The molecule has 1 aromatic heterocycles. The Morgan fingerprint density at radius 3 is 2.62 bits per heavy atom. The van der Waals surface area contributed by atoms with E-state index in [9.17, 15) is 9.59 Å². The molecule has 1 saturated heterocycles. The fraction of sp³-hybridized carbons (Fsp3) is 0.667. The molecule has 3 rings (SSSR count). The zero-order valence-corrected chi connectivity index (χ0v) is 12.8. The first-order valence-electron chi connectivity index (χ1n) is 7.61.